The minimum atomic E-state index is 0. The summed E-state index contributed by atoms with van der Waals surface area (Å²) in [6.45, 7) is 0. The average Bonchev–Trinajstić information content (AvgIpc) is 2.75. The predicted octanol–water partition coefficient (Wildman–Crippen LogP) is 2.63. The summed E-state index contributed by atoms with van der Waals surface area (Å²) in [7, 11) is 0. The number of hydrogen-bond acceptors (Lipinski definition) is 2. The van der Waals surface area contributed by atoms with Crippen LogP contribution >= 0.6 is 12.4 Å². The first kappa shape index (κ1) is 12.1. The van der Waals surface area contributed by atoms with E-state index in [0.29, 0.717) is 0 Å². The van der Waals surface area contributed by atoms with Crippen molar-refractivity contribution < 1.29 is 0 Å². The second-order valence-corrected chi connectivity index (χ2v) is 4.29. The molecule has 0 bridgehead atoms. The summed E-state index contributed by atoms with van der Waals surface area (Å²) in [5.41, 5.74) is 9.71. The van der Waals surface area contributed by atoms with Crippen LogP contribution in [0.3, 0.4) is 0 Å². The van der Waals surface area contributed by atoms with Gasteiger partial charge in [-0.05, 0) is 31.4 Å². The molecule has 0 fully saturated rings. The van der Waals surface area contributed by atoms with Gasteiger partial charge in [0.1, 0.15) is 0 Å². The standard InChI is InChI=1S/C13H15N3.ClH/c14-12-7-4-8-13-11(12)9-15-16(13)10-5-2-1-3-6-10;/h1-3,5-6,9,12H,4,7-8,14H2;1H. The lowest BCUT2D eigenvalue weighted by atomic mass is 9.94. The fraction of sp³-hybridized carbons (Fsp3) is 0.308. The summed E-state index contributed by atoms with van der Waals surface area (Å²) in [6, 6.07) is 10.4. The minimum Gasteiger partial charge on any atom is -0.324 e. The van der Waals surface area contributed by atoms with Gasteiger partial charge in [-0.3, -0.25) is 0 Å². The number of hydrogen-bond donors (Lipinski definition) is 1. The van der Waals surface area contributed by atoms with Crippen LogP contribution in [-0.2, 0) is 6.42 Å². The molecule has 17 heavy (non-hydrogen) atoms. The van der Waals surface area contributed by atoms with E-state index in [4.69, 9.17) is 5.73 Å². The molecular formula is C13H16ClN3. The van der Waals surface area contributed by atoms with Gasteiger partial charge in [0.05, 0.1) is 11.9 Å². The summed E-state index contributed by atoms with van der Waals surface area (Å²) < 4.78 is 2.02. The maximum atomic E-state index is 6.08. The molecule has 2 aromatic rings. The van der Waals surface area contributed by atoms with Gasteiger partial charge in [-0.15, -0.1) is 12.4 Å². The fourth-order valence-electron chi connectivity index (χ4n) is 2.38. The van der Waals surface area contributed by atoms with Crippen molar-refractivity contribution in [2.75, 3.05) is 0 Å². The Morgan fingerprint density at radius 2 is 2.00 bits per heavy atom. The van der Waals surface area contributed by atoms with Crippen LogP contribution in [0.5, 0.6) is 0 Å². The van der Waals surface area contributed by atoms with Crippen molar-refractivity contribution in [3.63, 3.8) is 0 Å². The maximum absolute atomic E-state index is 6.08. The summed E-state index contributed by atoms with van der Waals surface area (Å²) >= 11 is 0. The zero-order valence-electron chi connectivity index (χ0n) is 9.54. The van der Waals surface area contributed by atoms with Gasteiger partial charge < -0.3 is 5.73 Å². The van der Waals surface area contributed by atoms with Crippen LogP contribution in [0.1, 0.15) is 30.1 Å². The highest BCUT2D eigenvalue weighted by atomic mass is 35.5. The smallest absolute Gasteiger partial charge is 0.0648 e. The van der Waals surface area contributed by atoms with Crippen molar-refractivity contribution in [1.82, 2.24) is 9.78 Å². The Kier molecular flexibility index (Phi) is 3.50. The van der Waals surface area contributed by atoms with E-state index in [1.165, 1.54) is 11.3 Å². The molecule has 3 nitrogen and oxygen atoms in total. The molecule has 4 heteroatoms. The average molecular weight is 250 g/mol. The van der Waals surface area contributed by atoms with Crippen molar-refractivity contribution in [1.29, 1.82) is 0 Å². The molecule has 1 unspecified atom stereocenters. The number of rotatable bonds is 1. The number of fused-ring (bicyclic) bond motifs is 1. The van der Waals surface area contributed by atoms with Gasteiger partial charge in [-0.25, -0.2) is 4.68 Å². The lowest BCUT2D eigenvalue weighted by Crippen LogP contribution is -2.17. The molecule has 2 N–H and O–H groups in total. The maximum Gasteiger partial charge on any atom is 0.0648 e. The molecule has 0 radical (unpaired) electrons. The highest BCUT2D eigenvalue weighted by Crippen LogP contribution is 2.28. The molecule has 1 atom stereocenters. The largest absolute Gasteiger partial charge is 0.324 e. The van der Waals surface area contributed by atoms with Crippen LogP contribution in [0.2, 0.25) is 0 Å². The van der Waals surface area contributed by atoms with Crippen LogP contribution in [0.25, 0.3) is 5.69 Å². The number of nitrogens with zero attached hydrogens (tertiary/aromatic N) is 2. The van der Waals surface area contributed by atoms with E-state index in [1.807, 2.05) is 29.1 Å². The lowest BCUT2D eigenvalue weighted by molar-refractivity contribution is 0.558. The number of halogens is 1. The number of nitrogens with two attached hydrogens (primary N) is 1. The summed E-state index contributed by atoms with van der Waals surface area (Å²) in [6.07, 6.45) is 5.24. The number of aromatic nitrogens is 2. The zero-order chi connectivity index (χ0) is 11.0. The van der Waals surface area contributed by atoms with E-state index >= 15 is 0 Å². The van der Waals surface area contributed by atoms with Crippen LogP contribution in [0, 0.1) is 0 Å². The molecule has 90 valence electrons. The summed E-state index contributed by atoms with van der Waals surface area (Å²) in [5.74, 6) is 0. The highest BCUT2D eigenvalue weighted by Gasteiger charge is 2.21. The first-order chi connectivity index (χ1) is 7.86. The third kappa shape index (κ3) is 2.08. The van der Waals surface area contributed by atoms with Crippen LogP contribution in [0.4, 0.5) is 0 Å². The van der Waals surface area contributed by atoms with E-state index in [9.17, 15) is 0 Å². The van der Waals surface area contributed by atoms with E-state index in [1.54, 1.807) is 0 Å². The summed E-state index contributed by atoms with van der Waals surface area (Å²) in [4.78, 5) is 0. The Hall–Kier alpha value is -1.32. The molecule has 0 amide bonds. The SMILES string of the molecule is Cl.NC1CCCc2c1cnn2-c1ccccc1. The molecular weight excluding hydrogens is 234 g/mol. The van der Waals surface area contributed by atoms with Gasteiger partial charge in [0, 0.05) is 17.3 Å². The van der Waals surface area contributed by atoms with Crippen molar-refractivity contribution in [2.24, 2.45) is 5.73 Å². The molecule has 1 heterocycles. The third-order valence-electron chi connectivity index (χ3n) is 3.23. The Morgan fingerprint density at radius 1 is 1.24 bits per heavy atom. The molecule has 1 aliphatic rings. The molecule has 0 saturated carbocycles. The normalized spacial score (nSPS) is 18.3. The van der Waals surface area contributed by atoms with Crippen LogP contribution in [-0.4, -0.2) is 9.78 Å². The predicted molar refractivity (Wildman–Crippen MR) is 70.7 cm³/mol. The van der Waals surface area contributed by atoms with Crippen molar-refractivity contribution in [3.05, 3.63) is 47.8 Å². The van der Waals surface area contributed by atoms with Crippen LogP contribution < -0.4 is 5.73 Å². The first-order valence-corrected chi connectivity index (χ1v) is 5.74. The minimum absolute atomic E-state index is 0. The Morgan fingerprint density at radius 3 is 2.76 bits per heavy atom. The Labute approximate surface area is 107 Å². The second kappa shape index (κ2) is 4.90. The first-order valence-electron chi connectivity index (χ1n) is 5.74. The topological polar surface area (TPSA) is 43.8 Å². The van der Waals surface area contributed by atoms with Crippen molar-refractivity contribution in [2.45, 2.75) is 25.3 Å². The molecule has 1 aromatic heterocycles. The molecule has 1 aromatic carbocycles. The summed E-state index contributed by atoms with van der Waals surface area (Å²) in [5, 5.41) is 4.46. The Bertz CT molecular complexity index is 493. The lowest BCUT2D eigenvalue weighted by Gasteiger charge is -2.19. The number of para-hydroxylation sites is 1. The second-order valence-electron chi connectivity index (χ2n) is 4.29. The van der Waals surface area contributed by atoms with Gasteiger partial charge in [-0.2, -0.15) is 5.10 Å². The van der Waals surface area contributed by atoms with Gasteiger partial charge in [0.25, 0.3) is 0 Å². The molecule has 3 rings (SSSR count). The Balaban J connectivity index is 0.00000108. The van der Waals surface area contributed by atoms with Crippen LogP contribution in [0.15, 0.2) is 36.5 Å². The third-order valence-corrected chi connectivity index (χ3v) is 3.23. The molecule has 0 saturated heterocycles. The number of benzene rings is 1. The monoisotopic (exact) mass is 249 g/mol. The van der Waals surface area contributed by atoms with Crippen molar-refractivity contribution >= 4 is 12.4 Å². The van der Waals surface area contributed by atoms with Gasteiger partial charge in [-0.1, -0.05) is 18.2 Å². The van der Waals surface area contributed by atoms with Crippen molar-refractivity contribution in [3.8, 4) is 5.69 Å². The van der Waals surface area contributed by atoms with Gasteiger partial charge >= 0.3 is 0 Å². The van der Waals surface area contributed by atoms with Gasteiger partial charge in [0.2, 0.25) is 0 Å². The van der Waals surface area contributed by atoms with E-state index in [0.717, 1.165) is 24.9 Å². The molecule has 0 aliphatic heterocycles. The van der Waals surface area contributed by atoms with E-state index in [-0.39, 0.29) is 18.4 Å². The molecule has 0 spiro atoms. The van der Waals surface area contributed by atoms with Gasteiger partial charge in [0.15, 0.2) is 0 Å². The van der Waals surface area contributed by atoms with E-state index < -0.39 is 0 Å². The fourth-order valence-corrected chi connectivity index (χ4v) is 2.38. The zero-order valence-corrected chi connectivity index (χ0v) is 10.4. The van der Waals surface area contributed by atoms with E-state index in [2.05, 4.69) is 17.2 Å². The molecule has 1 aliphatic carbocycles. The highest BCUT2D eigenvalue weighted by molar-refractivity contribution is 5.85. The quantitative estimate of drug-likeness (QED) is 0.844.